The molecule has 2 heterocycles. The molecule has 31 heavy (non-hydrogen) atoms. The number of nitrogens with one attached hydrogen (secondary N) is 1. The second kappa shape index (κ2) is 8.08. The van der Waals surface area contributed by atoms with Crippen molar-refractivity contribution in [2.45, 2.75) is 19.5 Å². The van der Waals surface area contributed by atoms with Gasteiger partial charge in [-0.3, -0.25) is 0 Å². The van der Waals surface area contributed by atoms with Gasteiger partial charge in [0.15, 0.2) is 0 Å². The van der Waals surface area contributed by atoms with E-state index in [-0.39, 0.29) is 12.1 Å². The van der Waals surface area contributed by atoms with Gasteiger partial charge in [-0.2, -0.15) is 0 Å². The first-order valence-electron chi connectivity index (χ1n) is 10.3. The lowest BCUT2D eigenvalue weighted by Gasteiger charge is -2.31. The number of urea groups is 1. The van der Waals surface area contributed by atoms with E-state index in [0.29, 0.717) is 6.54 Å². The van der Waals surface area contributed by atoms with Gasteiger partial charge >= 0.3 is 6.03 Å². The minimum atomic E-state index is -0.213. The molecule has 1 N–H and O–H groups in total. The minimum Gasteiger partial charge on any atom is -0.318 e. The maximum Gasteiger partial charge on any atom is 0.322 e. The SMILES string of the molecule is Cc1cccc([C@@H]2c3cccn3-c3ccccc3CN2C(=O)Nc2cccc(Br)c2)c1. The summed E-state index contributed by atoms with van der Waals surface area (Å²) in [6.45, 7) is 2.59. The van der Waals surface area contributed by atoms with Crippen LogP contribution in [0.5, 0.6) is 0 Å². The number of benzene rings is 3. The van der Waals surface area contributed by atoms with Crippen LogP contribution in [0.3, 0.4) is 0 Å². The summed E-state index contributed by atoms with van der Waals surface area (Å²) < 4.78 is 3.13. The van der Waals surface area contributed by atoms with Crippen LogP contribution in [0, 0.1) is 6.92 Å². The van der Waals surface area contributed by atoms with Crippen LogP contribution in [0.25, 0.3) is 5.69 Å². The largest absolute Gasteiger partial charge is 0.322 e. The van der Waals surface area contributed by atoms with E-state index in [4.69, 9.17) is 0 Å². The number of fused-ring (bicyclic) bond motifs is 3. The maximum absolute atomic E-state index is 13.6. The molecular weight excluding hydrogens is 450 g/mol. The lowest BCUT2D eigenvalue weighted by atomic mass is 10.00. The second-order valence-electron chi connectivity index (χ2n) is 7.82. The maximum atomic E-state index is 13.6. The average Bonchev–Trinajstić information content (AvgIpc) is 3.18. The summed E-state index contributed by atoms with van der Waals surface area (Å²) in [6.07, 6.45) is 2.08. The molecule has 0 saturated heterocycles. The third kappa shape index (κ3) is 3.77. The second-order valence-corrected chi connectivity index (χ2v) is 8.73. The van der Waals surface area contributed by atoms with E-state index in [0.717, 1.165) is 32.7 Å². The molecule has 0 fully saturated rings. The van der Waals surface area contributed by atoms with Gasteiger partial charge in [0.25, 0.3) is 0 Å². The Balaban J connectivity index is 1.64. The van der Waals surface area contributed by atoms with Gasteiger partial charge in [0, 0.05) is 22.1 Å². The summed E-state index contributed by atoms with van der Waals surface area (Å²) in [7, 11) is 0. The van der Waals surface area contributed by atoms with Crippen LogP contribution in [0.15, 0.2) is 95.6 Å². The number of aromatic nitrogens is 1. The number of carbonyl (C=O) groups excluding carboxylic acids is 1. The summed E-state index contributed by atoms with van der Waals surface area (Å²) in [6, 6.07) is 28.2. The first-order chi connectivity index (χ1) is 15.1. The van der Waals surface area contributed by atoms with Gasteiger partial charge in [0.1, 0.15) is 0 Å². The third-order valence-corrected chi connectivity index (χ3v) is 6.15. The fourth-order valence-corrected chi connectivity index (χ4v) is 4.69. The van der Waals surface area contributed by atoms with Crippen LogP contribution in [0.1, 0.15) is 28.4 Å². The first kappa shape index (κ1) is 19.6. The number of rotatable bonds is 2. The van der Waals surface area contributed by atoms with Crippen molar-refractivity contribution in [1.29, 1.82) is 0 Å². The quantitative estimate of drug-likeness (QED) is 0.347. The number of nitrogens with zero attached hydrogens (tertiary/aromatic N) is 2. The summed E-state index contributed by atoms with van der Waals surface area (Å²) in [5, 5.41) is 3.10. The molecule has 154 valence electrons. The lowest BCUT2D eigenvalue weighted by Crippen LogP contribution is -2.37. The zero-order valence-electron chi connectivity index (χ0n) is 17.1. The number of aryl methyl sites for hydroxylation is 1. The van der Waals surface area contributed by atoms with Gasteiger partial charge < -0.3 is 14.8 Å². The number of halogens is 1. The van der Waals surface area contributed by atoms with Crippen molar-refractivity contribution in [3.8, 4) is 5.69 Å². The Morgan fingerprint density at radius 3 is 2.65 bits per heavy atom. The first-order valence-corrected chi connectivity index (χ1v) is 11.0. The van der Waals surface area contributed by atoms with Gasteiger partial charge in [0.2, 0.25) is 0 Å². The molecule has 2 amide bonds. The number of hydrogen-bond acceptors (Lipinski definition) is 1. The third-order valence-electron chi connectivity index (χ3n) is 5.66. The highest BCUT2D eigenvalue weighted by molar-refractivity contribution is 9.10. The van der Waals surface area contributed by atoms with Crippen LogP contribution in [-0.2, 0) is 6.54 Å². The fraction of sp³-hybridized carbons (Fsp3) is 0.115. The molecule has 5 heteroatoms. The van der Waals surface area contributed by atoms with E-state index in [1.54, 1.807) is 0 Å². The van der Waals surface area contributed by atoms with Crippen LogP contribution in [0.4, 0.5) is 10.5 Å². The summed E-state index contributed by atoms with van der Waals surface area (Å²) in [5.74, 6) is 0. The summed E-state index contributed by atoms with van der Waals surface area (Å²) in [5.41, 5.74) is 6.31. The molecule has 0 radical (unpaired) electrons. The molecule has 0 spiro atoms. The van der Waals surface area contributed by atoms with E-state index in [9.17, 15) is 4.79 Å². The van der Waals surface area contributed by atoms with Gasteiger partial charge in [0.05, 0.1) is 18.3 Å². The minimum absolute atomic E-state index is 0.131. The molecule has 1 aliphatic heterocycles. The molecule has 4 aromatic rings. The molecule has 3 aromatic carbocycles. The fourth-order valence-electron chi connectivity index (χ4n) is 4.29. The number of hydrogen-bond donors (Lipinski definition) is 1. The van der Waals surface area contributed by atoms with Crippen molar-refractivity contribution < 1.29 is 4.79 Å². The van der Waals surface area contributed by atoms with Crippen molar-refractivity contribution in [2.24, 2.45) is 0 Å². The summed E-state index contributed by atoms with van der Waals surface area (Å²) in [4.78, 5) is 15.6. The Hall–Kier alpha value is -3.31. The highest BCUT2D eigenvalue weighted by atomic mass is 79.9. The molecule has 1 atom stereocenters. The highest BCUT2D eigenvalue weighted by Gasteiger charge is 2.33. The Morgan fingerprint density at radius 1 is 0.968 bits per heavy atom. The van der Waals surface area contributed by atoms with E-state index in [1.165, 1.54) is 5.56 Å². The molecule has 1 aliphatic rings. The number of amides is 2. The lowest BCUT2D eigenvalue weighted by molar-refractivity contribution is 0.194. The van der Waals surface area contributed by atoms with Crippen molar-refractivity contribution >= 4 is 27.6 Å². The van der Waals surface area contributed by atoms with E-state index in [2.05, 4.69) is 81.4 Å². The number of para-hydroxylation sites is 1. The molecular formula is C26H22BrN3O. The Labute approximate surface area is 190 Å². The van der Waals surface area contributed by atoms with Crippen molar-refractivity contribution in [2.75, 3.05) is 5.32 Å². The normalized spacial score (nSPS) is 15.0. The van der Waals surface area contributed by atoms with Gasteiger partial charge in [-0.1, -0.05) is 70.0 Å². The van der Waals surface area contributed by atoms with Crippen LogP contribution < -0.4 is 5.32 Å². The molecule has 1 aromatic heterocycles. The van der Waals surface area contributed by atoms with E-state index in [1.807, 2.05) is 47.4 Å². The Morgan fingerprint density at radius 2 is 1.81 bits per heavy atom. The zero-order valence-corrected chi connectivity index (χ0v) is 18.7. The Bertz CT molecular complexity index is 1260. The van der Waals surface area contributed by atoms with Gasteiger partial charge in [-0.15, -0.1) is 0 Å². The molecule has 5 rings (SSSR count). The smallest absolute Gasteiger partial charge is 0.318 e. The van der Waals surface area contributed by atoms with Gasteiger partial charge in [-0.05, 0) is 54.4 Å². The molecule has 4 nitrogen and oxygen atoms in total. The molecule has 0 unspecified atom stereocenters. The highest BCUT2D eigenvalue weighted by Crippen LogP contribution is 2.37. The monoisotopic (exact) mass is 471 g/mol. The van der Waals surface area contributed by atoms with E-state index < -0.39 is 0 Å². The van der Waals surface area contributed by atoms with Crippen LogP contribution >= 0.6 is 15.9 Å². The standard InChI is InChI=1S/C26H22BrN3O/c1-18-7-4-9-19(15-18)25-24-13-6-14-29(24)23-12-3-2-8-20(23)17-30(25)26(31)28-22-11-5-10-21(27)16-22/h2-16,25H,17H2,1H3,(H,28,31)/t25-/m1/s1. The predicted molar refractivity (Wildman–Crippen MR) is 127 cm³/mol. The topological polar surface area (TPSA) is 37.3 Å². The molecule has 0 saturated carbocycles. The molecule has 0 bridgehead atoms. The Kier molecular flexibility index (Phi) is 5.12. The van der Waals surface area contributed by atoms with Crippen LogP contribution in [0.2, 0.25) is 0 Å². The van der Waals surface area contributed by atoms with E-state index >= 15 is 0 Å². The van der Waals surface area contributed by atoms with Crippen molar-refractivity contribution in [3.63, 3.8) is 0 Å². The molecule has 0 aliphatic carbocycles. The zero-order chi connectivity index (χ0) is 21.4. The average molecular weight is 472 g/mol. The summed E-state index contributed by atoms with van der Waals surface area (Å²) >= 11 is 3.49. The van der Waals surface area contributed by atoms with Crippen molar-refractivity contribution in [3.05, 3.63) is 118 Å². The van der Waals surface area contributed by atoms with Crippen LogP contribution in [-0.4, -0.2) is 15.5 Å². The predicted octanol–water partition coefficient (Wildman–Crippen LogP) is 6.69. The van der Waals surface area contributed by atoms with Crippen molar-refractivity contribution in [1.82, 2.24) is 9.47 Å². The van der Waals surface area contributed by atoms with Gasteiger partial charge in [-0.25, -0.2) is 4.79 Å². The number of anilines is 1. The number of carbonyl (C=O) groups is 1.